The molecule has 1 unspecified atom stereocenters. The lowest BCUT2D eigenvalue weighted by molar-refractivity contribution is -0.384. The molecule has 7 heteroatoms. The maximum Gasteiger partial charge on any atom is 0.293 e. The van der Waals surface area contributed by atoms with E-state index in [1.165, 1.54) is 0 Å². The Hall–Kier alpha value is -0.960. The minimum Gasteiger partial charge on any atom is -0.394 e. The number of halogens is 2. The Bertz CT molecular complexity index is 414. The smallest absolute Gasteiger partial charge is 0.293 e. The van der Waals surface area contributed by atoms with E-state index in [9.17, 15) is 14.5 Å². The molecule has 0 saturated heterocycles. The van der Waals surface area contributed by atoms with Crippen LogP contribution < -0.4 is 5.32 Å². The lowest BCUT2D eigenvalue weighted by Crippen LogP contribution is -2.20. The Kier molecular flexibility index (Phi) is 4.42. The van der Waals surface area contributed by atoms with Crippen LogP contribution >= 0.6 is 22.6 Å². The fraction of sp³-hybridized carbons (Fsp3) is 0.333. The summed E-state index contributed by atoms with van der Waals surface area (Å²) in [5.74, 6) is -0.529. The van der Waals surface area contributed by atoms with Crippen LogP contribution in [0.5, 0.6) is 0 Å². The van der Waals surface area contributed by atoms with Crippen molar-refractivity contribution < 1.29 is 14.4 Å². The Morgan fingerprint density at radius 3 is 2.81 bits per heavy atom. The van der Waals surface area contributed by atoms with Gasteiger partial charge in [-0.05, 0) is 29.5 Å². The molecule has 0 radical (unpaired) electrons. The summed E-state index contributed by atoms with van der Waals surface area (Å²) in [5, 5.41) is 22.2. The van der Waals surface area contributed by atoms with Crippen LogP contribution in [0.4, 0.5) is 15.8 Å². The van der Waals surface area contributed by atoms with Crippen molar-refractivity contribution in [3.8, 4) is 0 Å². The van der Waals surface area contributed by atoms with Crippen LogP contribution in [0.2, 0.25) is 0 Å². The number of aliphatic hydroxyl groups is 1. The second kappa shape index (κ2) is 5.39. The summed E-state index contributed by atoms with van der Waals surface area (Å²) in [4.78, 5) is 10.1. The maximum absolute atomic E-state index is 13.2. The van der Waals surface area contributed by atoms with Crippen molar-refractivity contribution in [2.45, 2.75) is 13.0 Å². The number of nitro benzene ring substituents is 1. The van der Waals surface area contributed by atoms with Gasteiger partial charge in [0.15, 0.2) is 0 Å². The predicted molar refractivity (Wildman–Crippen MR) is 65.9 cm³/mol. The molecule has 0 spiro atoms. The third-order valence-corrected chi connectivity index (χ3v) is 2.74. The normalized spacial score (nSPS) is 12.2. The number of hydrogen-bond acceptors (Lipinski definition) is 4. The van der Waals surface area contributed by atoms with Crippen molar-refractivity contribution in [3.63, 3.8) is 0 Å². The quantitative estimate of drug-likeness (QED) is 0.500. The van der Waals surface area contributed by atoms with E-state index in [1.54, 1.807) is 29.5 Å². The zero-order valence-corrected chi connectivity index (χ0v) is 10.6. The van der Waals surface area contributed by atoms with Gasteiger partial charge in [-0.3, -0.25) is 10.1 Å². The fourth-order valence-corrected chi connectivity index (χ4v) is 1.56. The lowest BCUT2D eigenvalue weighted by Gasteiger charge is -2.12. The van der Waals surface area contributed by atoms with Crippen molar-refractivity contribution in [1.82, 2.24) is 0 Å². The van der Waals surface area contributed by atoms with Gasteiger partial charge in [-0.2, -0.15) is 0 Å². The molecule has 1 rings (SSSR count). The lowest BCUT2D eigenvalue weighted by atomic mass is 10.2. The van der Waals surface area contributed by atoms with Crippen molar-refractivity contribution in [3.05, 3.63) is 31.6 Å². The van der Waals surface area contributed by atoms with E-state index in [0.717, 1.165) is 12.1 Å². The van der Waals surface area contributed by atoms with Crippen LogP contribution in [0.25, 0.3) is 0 Å². The summed E-state index contributed by atoms with van der Waals surface area (Å²) in [5.41, 5.74) is -0.129. The standard InChI is InChI=1S/C9H10FIN2O3/c1-5(4-14)12-8-2-6(10)7(11)3-9(8)13(15)16/h2-3,5,12,14H,4H2,1H3. The average Bonchev–Trinajstić information content (AvgIpc) is 2.22. The van der Waals surface area contributed by atoms with Crippen molar-refractivity contribution >= 4 is 34.0 Å². The summed E-state index contributed by atoms with van der Waals surface area (Å²) in [6, 6.07) is 1.84. The van der Waals surface area contributed by atoms with Crippen molar-refractivity contribution in [2.24, 2.45) is 0 Å². The Morgan fingerprint density at radius 1 is 1.69 bits per heavy atom. The van der Waals surface area contributed by atoms with Gasteiger partial charge in [0.1, 0.15) is 11.5 Å². The highest BCUT2D eigenvalue weighted by Crippen LogP contribution is 2.29. The Labute approximate surface area is 105 Å². The van der Waals surface area contributed by atoms with Crippen LogP contribution in [-0.4, -0.2) is 22.7 Å². The van der Waals surface area contributed by atoms with Crippen LogP contribution in [0.1, 0.15) is 6.92 Å². The second-order valence-corrected chi connectivity index (χ2v) is 4.43. The van der Waals surface area contributed by atoms with Gasteiger partial charge in [-0.25, -0.2) is 4.39 Å². The summed E-state index contributed by atoms with van der Waals surface area (Å²) >= 11 is 1.69. The summed E-state index contributed by atoms with van der Waals surface area (Å²) in [7, 11) is 0. The van der Waals surface area contributed by atoms with Gasteiger partial charge < -0.3 is 10.4 Å². The number of nitrogens with one attached hydrogen (secondary N) is 1. The molecule has 0 aliphatic rings. The first-order valence-electron chi connectivity index (χ1n) is 4.46. The third kappa shape index (κ3) is 3.01. The van der Waals surface area contributed by atoms with E-state index in [0.29, 0.717) is 0 Å². The SMILES string of the molecule is CC(CO)Nc1cc(F)c(I)cc1[N+](=O)[O-]. The first-order chi connectivity index (χ1) is 7.45. The Balaban J connectivity index is 3.14. The highest BCUT2D eigenvalue weighted by Gasteiger charge is 2.18. The molecule has 0 heterocycles. The number of aliphatic hydroxyl groups excluding tert-OH is 1. The second-order valence-electron chi connectivity index (χ2n) is 3.27. The van der Waals surface area contributed by atoms with E-state index < -0.39 is 10.7 Å². The summed E-state index contributed by atoms with van der Waals surface area (Å²) in [6.07, 6.45) is 0. The number of hydrogen-bond donors (Lipinski definition) is 2. The predicted octanol–water partition coefficient (Wildman–Crippen LogP) is 2.13. The van der Waals surface area contributed by atoms with Crippen molar-refractivity contribution in [1.29, 1.82) is 0 Å². The van der Waals surface area contributed by atoms with E-state index in [4.69, 9.17) is 5.11 Å². The van der Waals surface area contributed by atoms with Crippen molar-refractivity contribution in [2.75, 3.05) is 11.9 Å². The highest BCUT2D eigenvalue weighted by molar-refractivity contribution is 14.1. The molecule has 5 nitrogen and oxygen atoms in total. The molecule has 16 heavy (non-hydrogen) atoms. The van der Waals surface area contributed by atoms with Gasteiger partial charge in [0.2, 0.25) is 0 Å². The largest absolute Gasteiger partial charge is 0.394 e. The number of nitrogens with zero attached hydrogens (tertiary/aromatic N) is 1. The molecule has 1 atom stereocenters. The molecule has 0 amide bonds. The van der Waals surface area contributed by atoms with Crippen LogP contribution in [-0.2, 0) is 0 Å². The molecule has 0 aliphatic heterocycles. The zero-order chi connectivity index (χ0) is 12.3. The third-order valence-electron chi connectivity index (χ3n) is 1.91. The monoisotopic (exact) mass is 340 g/mol. The molecule has 2 N–H and O–H groups in total. The molecule has 88 valence electrons. The molecular weight excluding hydrogens is 330 g/mol. The zero-order valence-electron chi connectivity index (χ0n) is 8.41. The van der Waals surface area contributed by atoms with E-state index in [2.05, 4.69) is 5.32 Å². The molecule has 0 aliphatic carbocycles. The number of anilines is 1. The summed E-state index contributed by atoms with van der Waals surface area (Å²) in [6.45, 7) is 1.45. The number of nitro groups is 1. The topological polar surface area (TPSA) is 75.4 Å². The van der Waals surface area contributed by atoms with Gasteiger partial charge in [0.25, 0.3) is 5.69 Å². The van der Waals surface area contributed by atoms with Gasteiger partial charge in [-0.15, -0.1) is 0 Å². The van der Waals surface area contributed by atoms with Crippen LogP contribution in [0.3, 0.4) is 0 Å². The minimum absolute atomic E-state index is 0.0736. The van der Waals surface area contributed by atoms with Crippen LogP contribution in [0.15, 0.2) is 12.1 Å². The maximum atomic E-state index is 13.2. The molecule has 0 bridgehead atoms. The van der Waals surface area contributed by atoms with Gasteiger partial charge in [-0.1, -0.05) is 0 Å². The molecule has 0 fully saturated rings. The first-order valence-corrected chi connectivity index (χ1v) is 5.54. The fourth-order valence-electron chi connectivity index (χ4n) is 1.11. The number of rotatable bonds is 4. The highest BCUT2D eigenvalue weighted by atomic mass is 127. The molecular formula is C9H10FIN2O3. The average molecular weight is 340 g/mol. The Morgan fingerprint density at radius 2 is 2.31 bits per heavy atom. The van der Waals surface area contributed by atoms with E-state index in [1.807, 2.05) is 0 Å². The summed E-state index contributed by atoms with van der Waals surface area (Å²) < 4.78 is 13.4. The molecule has 1 aromatic rings. The van der Waals surface area contributed by atoms with E-state index >= 15 is 0 Å². The van der Waals surface area contributed by atoms with Gasteiger partial charge in [0.05, 0.1) is 15.1 Å². The van der Waals surface area contributed by atoms with Gasteiger partial charge in [0, 0.05) is 18.2 Å². The minimum atomic E-state index is -0.589. The van der Waals surface area contributed by atoms with Gasteiger partial charge >= 0.3 is 0 Å². The number of benzene rings is 1. The van der Waals surface area contributed by atoms with E-state index in [-0.39, 0.29) is 27.6 Å². The molecule has 0 saturated carbocycles. The molecule has 1 aromatic carbocycles. The first kappa shape index (κ1) is 13.1. The molecule has 0 aromatic heterocycles. The van der Waals surface area contributed by atoms with Crippen LogP contribution in [0, 0.1) is 19.5 Å².